The fourth-order valence-electron chi connectivity index (χ4n) is 1.24. The molecule has 0 fully saturated rings. The van der Waals surface area contributed by atoms with Crippen LogP contribution in [0.1, 0.15) is 22.8 Å². The van der Waals surface area contributed by atoms with Crippen LogP contribution in [-0.2, 0) is 4.79 Å². The summed E-state index contributed by atoms with van der Waals surface area (Å²) in [6.07, 6.45) is 2.22. The van der Waals surface area contributed by atoms with Crippen molar-refractivity contribution in [2.45, 2.75) is 6.92 Å². The molecule has 2 N–H and O–H groups in total. The minimum Gasteiger partial charge on any atom is -0.478 e. The number of benzene rings is 1. The molecule has 90 valence electrons. The maximum absolute atomic E-state index is 13.3. The Kier molecular flexibility index (Phi) is 4.39. The first-order valence-corrected chi connectivity index (χ1v) is 5.03. The molecule has 0 aliphatic heterocycles. The molecule has 5 heteroatoms. The summed E-state index contributed by atoms with van der Waals surface area (Å²) in [6, 6.07) is 3.84. The number of carboxylic acids is 1. The van der Waals surface area contributed by atoms with Gasteiger partial charge in [-0.3, -0.25) is 4.79 Å². The third-order valence-electron chi connectivity index (χ3n) is 1.99. The van der Waals surface area contributed by atoms with Crippen LogP contribution in [0.4, 0.5) is 4.39 Å². The number of hydrogen-bond donors (Lipinski definition) is 2. The van der Waals surface area contributed by atoms with Crippen molar-refractivity contribution in [1.29, 1.82) is 0 Å². The van der Waals surface area contributed by atoms with E-state index in [1.165, 1.54) is 18.2 Å². The average molecular weight is 237 g/mol. The highest BCUT2D eigenvalue weighted by Crippen LogP contribution is 2.12. The first-order chi connectivity index (χ1) is 8.04. The highest BCUT2D eigenvalue weighted by atomic mass is 19.1. The van der Waals surface area contributed by atoms with Gasteiger partial charge in [-0.2, -0.15) is 0 Å². The molecular weight excluding hydrogens is 225 g/mol. The van der Waals surface area contributed by atoms with E-state index in [0.717, 1.165) is 12.1 Å². The molecule has 0 aromatic heterocycles. The van der Waals surface area contributed by atoms with Crippen LogP contribution >= 0.6 is 0 Å². The lowest BCUT2D eigenvalue weighted by Crippen LogP contribution is -2.23. The fraction of sp³-hybridized carbons (Fsp3) is 0.167. The number of aliphatic carboxylic acids is 1. The second-order valence-corrected chi connectivity index (χ2v) is 3.27. The molecule has 0 bridgehead atoms. The van der Waals surface area contributed by atoms with Crippen molar-refractivity contribution in [3.8, 4) is 0 Å². The van der Waals surface area contributed by atoms with E-state index in [-0.39, 0.29) is 5.56 Å². The third-order valence-corrected chi connectivity index (χ3v) is 1.99. The predicted octanol–water partition coefficient (Wildman–Crippen LogP) is 1.67. The van der Waals surface area contributed by atoms with E-state index in [9.17, 15) is 14.0 Å². The SMILES string of the molecule is CCNC(=O)c1cc(/C=C/C(=O)O)ccc1F. The molecule has 17 heavy (non-hydrogen) atoms. The van der Waals surface area contributed by atoms with Gasteiger partial charge in [-0.25, -0.2) is 9.18 Å². The molecule has 4 nitrogen and oxygen atoms in total. The molecule has 0 radical (unpaired) electrons. The summed E-state index contributed by atoms with van der Waals surface area (Å²) >= 11 is 0. The van der Waals surface area contributed by atoms with E-state index in [2.05, 4.69) is 5.32 Å². The second-order valence-electron chi connectivity index (χ2n) is 3.27. The Labute approximate surface area is 97.8 Å². The van der Waals surface area contributed by atoms with Gasteiger partial charge in [0.05, 0.1) is 5.56 Å². The molecule has 1 aromatic rings. The number of amides is 1. The summed E-state index contributed by atoms with van der Waals surface area (Å²) in [4.78, 5) is 21.8. The summed E-state index contributed by atoms with van der Waals surface area (Å²) < 4.78 is 13.3. The zero-order valence-corrected chi connectivity index (χ0v) is 9.24. The van der Waals surface area contributed by atoms with E-state index in [4.69, 9.17) is 5.11 Å². The van der Waals surface area contributed by atoms with Crippen molar-refractivity contribution in [2.75, 3.05) is 6.54 Å². The molecule has 0 aliphatic rings. The number of hydrogen-bond acceptors (Lipinski definition) is 2. The number of nitrogens with one attached hydrogen (secondary N) is 1. The number of carbonyl (C=O) groups excluding carboxylic acids is 1. The van der Waals surface area contributed by atoms with Crippen LogP contribution in [0.3, 0.4) is 0 Å². The summed E-state index contributed by atoms with van der Waals surface area (Å²) in [5.74, 6) is -2.26. The summed E-state index contributed by atoms with van der Waals surface area (Å²) in [7, 11) is 0. The van der Waals surface area contributed by atoms with Crippen molar-refractivity contribution in [2.24, 2.45) is 0 Å². The lowest BCUT2D eigenvalue weighted by Gasteiger charge is -2.04. The minimum atomic E-state index is -1.10. The van der Waals surface area contributed by atoms with Crippen LogP contribution in [-0.4, -0.2) is 23.5 Å². The predicted molar refractivity (Wildman–Crippen MR) is 61.1 cm³/mol. The third kappa shape index (κ3) is 3.71. The van der Waals surface area contributed by atoms with Gasteiger partial charge in [0.1, 0.15) is 5.82 Å². The van der Waals surface area contributed by atoms with E-state index >= 15 is 0 Å². The standard InChI is InChI=1S/C12H12FNO3/c1-2-14-12(17)9-7-8(3-5-10(9)13)4-6-11(15)16/h3-7H,2H2,1H3,(H,14,17)(H,15,16)/b6-4+. The number of carboxylic acid groups (broad SMARTS) is 1. The van der Waals surface area contributed by atoms with E-state index in [1.54, 1.807) is 6.92 Å². The van der Waals surface area contributed by atoms with Gasteiger partial charge in [-0.15, -0.1) is 0 Å². The highest BCUT2D eigenvalue weighted by molar-refractivity contribution is 5.95. The summed E-state index contributed by atoms with van der Waals surface area (Å²) in [5, 5.41) is 10.9. The normalized spacial score (nSPS) is 10.5. The Morgan fingerprint density at radius 1 is 1.47 bits per heavy atom. The zero-order valence-electron chi connectivity index (χ0n) is 9.24. The van der Waals surface area contributed by atoms with Crippen LogP contribution < -0.4 is 5.32 Å². The molecular formula is C12H12FNO3. The molecule has 0 heterocycles. The maximum atomic E-state index is 13.3. The van der Waals surface area contributed by atoms with E-state index in [0.29, 0.717) is 12.1 Å². The molecule has 0 aliphatic carbocycles. The number of carbonyl (C=O) groups is 2. The van der Waals surface area contributed by atoms with Crippen molar-refractivity contribution in [1.82, 2.24) is 5.32 Å². The van der Waals surface area contributed by atoms with Gasteiger partial charge in [0.25, 0.3) is 5.91 Å². The number of rotatable bonds is 4. The van der Waals surface area contributed by atoms with Gasteiger partial charge in [0.15, 0.2) is 0 Å². The zero-order chi connectivity index (χ0) is 12.8. The molecule has 0 atom stereocenters. The molecule has 0 saturated heterocycles. The smallest absolute Gasteiger partial charge is 0.328 e. The second kappa shape index (κ2) is 5.79. The van der Waals surface area contributed by atoms with Crippen LogP contribution in [0.5, 0.6) is 0 Å². The topological polar surface area (TPSA) is 66.4 Å². The molecule has 0 unspecified atom stereocenters. The molecule has 1 aromatic carbocycles. The van der Waals surface area contributed by atoms with Gasteiger partial charge >= 0.3 is 5.97 Å². The van der Waals surface area contributed by atoms with Gasteiger partial charge in [0.2, 0.25) is 0 Å². The van der Waals surface area contributed by atoms with Crippen molar-refractivity contribution >= 4 is 18.0 Å². The average Bonchev–Trinajstić information content (AvgIpc) is 2.28. The lowest BCUT2D eigenvalue weighted by atomic mass is 10.1. The Balaban J connectivity index is 3.02. The maximum Gasteiger partial charge on any atom is 0.328 e. The van der Waals surface area contributed by atoms with Crippen LogP contribution in [0.2, 0.25) is 0 Å². The highest BCUT2D eigenvalue weighted by Gasteiger charge is 2.10. The first-order valence-electron chi connectivity index (χ1n) is 5.03. The molecule has 0 spiro atoms. The van der Waals surface area contributed by atoms with Crippen LogP contribution in [0.15, 0.2) is 24.3 Å². The fourth-order valence-corrected chi connectivity index (χ4v) is 1.24. The Morgan fingerprint density at radius 3 is 2.76 bits per heavy atom. The first kappa shape index (κ1) is 12.9. The van der Waals surface area contributed by atoms with Crippen molar-refractivity contribution < 1.29 is 19.1 Å². The van der Waals surface area contributed by atoms with E-state index in [1.807, 2.05) is 0 Å². The van der Waals surface area contributed by atoms with E-state index < -0.39 is 17.7 Å². The van der Waals surface area contributed by atoms with Gasteiger partial charge in [-0.05, 0) is 30.7 Å². The van der Waals surface area contributed by atoms with Crippen LogP contribution in [0, 0.1) is 5.82 Å². The van der Waals surface area contributed by atoms with Crippen molar-refractivity contribution in [3.05, 3.63) is 41.2 Å². The Bertz CT molecular complexity index is 469. The Morgan fingerprint density at radius 2 is 2.18 bits per heavy atom. The summed E-state index contributed by atoms with van der Waals surface area (Å²) in [5.41, 5.74) is 0.356. The molecule has 0 saturated carbocycles. The summed E-state index contributed by atoms with van der Waals surface area (Å²) in [6.45, 7) is 2.12. The quantitative estimate of drug-likeness (QED) is 0.783. The van der Waals surface area contributed by atoms with Gasteiger partial charge in [-0.1, -0.05) is 6.07 Å². The van der Waals surface area contributed by atoms with Crippen molar-refractivity contribution in [3.63, 3.8) is 0 Å². The van der Waals surface area contributed by atoms with Crippen LogP contribution in [0.25, 0.3) is 6.08 Å². The van der Waals surface area contributed by atoms with Gasteiger partial charge < -0.3 is 10.4 Å². The number of halogens is 1. The largest absolute Gasteiger partial charge is 0.478 e. The molecule has 1 amide bonds. The Hall–Kier alpha value is -2.17. The lowest BCUT2D eigenvalue weighted by molar-refractivity contribution is -0.131. The van der Waals surface area contributed by atoms with Gasteiger partial charge in [0, 0.05) is 12.6 Å². The minimum absolute atomic E-state index is 0.0978. The molecule has 1 rings (SSSR count). The monoisotopic (exact) mass is 237 g/mol.